The largest absolute Gasteiger partial charge is 0.421 e. The molecular formula is C24H23F3N4O3S. The summed E-state index contributed by atoms with van der Waals surface area (Å²) in [7, 11) is 0. The number of carbonyl (C=O) groups is 1. The smallest absolute Gasteiger partial charge is 0.391 e. The maximum absolute atomic E-state index is 13.0. The third kappa shape index (κ3) is 6.36. The molecule has 0 radical (unpaired) electrons. The Kier molecular flexibility index (Phi) is 7.64. The second-order valence-corrected chi connectivity index (χ2v) is 9.00. The second kappa shape index (κ2) is 10.9. The number of rotatable bonds is 7. The van der Waals surface area contributed by atoms with Gasteiger partial charge >= 0.3 is 6.18 Å². The molecule has 7 nitrogen and oxygen atoms in total. The SMILES string of the molecule is O=C(Cn1cccc(C(F)(F)F)c1=O)N1CCC(c2nc(/C=N\OCc3ccccc3)cs2)CC1. The Bertz CT molecular complexity index is 1230. The monoisotopic (exact) mass is 504 g/mol. The van der Waals surface area contributed by atoms with E-state index in [1.165, 1.54) is 17.5 Å². The molecule has 2 aromatic heterocycles. The zero-order valence-corrected chi connectivity index (χ0v) is 19.5. The predicted octanol–water partition coefficient (Wildman–Crippen LogP) is 4.28. The number of piperidine rings is 1. The number of pyridine rings is 1. The molecule has 4 rings (SSSR count). The summed E-state index contributed by atoms with van der Waals surface area (Å²) in [6.45, 7) is 0.836. The average Bonchev–Trinajstić information content (AvgIpc) is 3.32. The zero-order valence-electron chi connectivity index (χ0n) is 18.6. The molecule has 1 aliphatic heterocycles. The van der Waals surface area contributed by atoms with Crippen LogP contribution in [0.5, 0.6) is 0 Å². The lowest BCUT2D eigenvalue weighted by atomic mass is 9.97. The van der Waals surface area contributed by atoms with E-state index in [0.717, 1.165) is 27.3 Å². The summed E-state index contributed by atoms with van der Waals surface area (Å²) in [6.07, 6.45) is -0.638. The van der Waals surface area contributed by atoms with Crippen LogP contribution in [0.2, 0.25) is 0 Å². The van der Waals surface area contributed by atoms with Crippen LogP contribution in [0.1, 0.15) is 40.6 Å². The number of benzene rings is 1. The van der Waals surface area contributed by atoms with Gasteiger partial charge in [-0.2, -0.15) is 13.2 Å². The van der Waals surface area contributed by atoms with Crippen molar-refractivity contribution < 1.29 is 22.8 Å². The highest BCUT2D eigenvalue weighted by atomic mass is 32.1. The Morgan fingerprint density at radius 1 is 1.17 bits per heavy atom. The first kappa shape index (κ1) is 24.6. The Hall–Kier alpha value is -3.47. The van der Waals surface area contributed by atoms with Gasteiger partial charge in [-0.1, -0.05) is 35.5 Å². The van der Waals surface area contributed by atoms with E-state index in [1.807, 2.05) is 35.7 Å². The van der Waals surface area contributed by atoms with E-state index in [-0.39, 0.29) is 11.8 Å². The maximum atomic E-state index is 13.0. The van der Waals surface area contributed by atoms with E-state index in [4.69, 9.17) is 4.84 Å². The topological polar surface area (TPSA) is 76.8 Å². The molecule has 1 saturated heterocycles. The van der Waals surface area contributed by atoms with E-state index >= 15 is 0 Å². The molecule has 1 amide bonds. The van der Waals surface area contributed by atoms with E-state index in [9.17, 15) is 22.8 Å². The first-order chi connectivity index (χ1) is 16.8. The molecule has 0 unspecified atom stereocenters. The van der Waals surface area contributed by atoms with Crippen molar-refractivity contribution in [2.75, 3.05) is 13.1 Å². The van der Waals surface area contributed by atoms with Crippen molar-refractivity contribution in [1.29, 1.82) is 0 Å². The zero-order chi connectivity index (χ0) is 24.8. The lowest BCUT2D eigenvalue weighted by molar-refractivity contribution is -0.139. The molecule has 35 heavy (non-hydrogen) atoms. The maximum Gasteiger partial charge on any atom is 0.421 e. The lowest BCUT2D eigenvalue weighted by Gasteiger charge is -2.31. The van der Waals surface area contributed by atoms with Crippen molar-refractivity contribution in [2.45, 2.75) is 38.1 Å². The molecule has 184 valence electrons. The van der Waals surface area contributed by atoms with Gasteiger partial charge in [0.25, 0.3) is 5.56 Å². The quantitative estimate of drug-likeness (QED) is 0.356. The molecule has 0 saturated carbocycles. The van der Waals surface area contributed by atoms with Crippen molar-refractivity contribution >= 4 is 23.5 Å². The van der Waals surface area contributed by atoms with E-state index in [2.05, 4.69) is 10.1 Å². The Morgan fingerprint density at radius 2 is 1.91 bits per heavy atom. The van der Waals surface area contributed by atoms with Gasteiger partial charge in [-0.15, -0.1) is 11.3 Å². The van der Waals surface area contributed by atoms with E-state index < -0.39 is 23.8 Å². The number of carbonyl (C=O) groups excluding carboxylic acids is 1. The Morgan fingerprint density at radius 3 is 2.63 bits per heavy atom. The number of nitrogens with zero attached hydrogens (tertiary/aromatic N) is 4. The van der Waals surface area contributed by atoms with E-state index in [1.54, 1.807) is 11.1 Å². The third-order valence-corrected chi connectivity index (χ3v) is 6.73. The number of amides is 1. The van der Waals surface area contributed by atoms with Crippen LogP contribution in [0.4, 0.5) is 13.2 Å². The van der Waals surface area contributed by atoms with Crippen LogP contribution in [0.25, 0.3) is 0 Å². The third-order valence-electron chi connectivity index (χ3n) is 5.70. The number of hydrogen-bond donors (Lipinski definition) is 0. The first-order valence-corrected chi connectivity index (χ1v) is 11.9. The normalized spacial score (nSPS) is 15.0. The molecule has 0 spiro atoms. The highest BCUT2D eigenvalue weighted by Crippen LogP contribution is 2.30. The molecule has 3 aromatic rings. The number of likely N-dealkylation sites (tertiary alicyclic amines) is 1. The number of halogens is 3. The number of oxime groups is 1. The van der Waals surface area contributed by atoms with Crippen molar-refractivity contribution in [3.05, 3.63) is 86.2 Å². The van der Waals surface area contributed by atoms with Crippen LogP contribution in [0, 0.1) is 0 Å². The molecule has 0 aliphatic carbocycles. The summed E-state index contributed by atoms with van der Waals surface area (Å²) in [5, 5.41) is 6.80. The van der Waals surface area contributed by atoms with Crippen LogP contribution in [0.15, 0.2) is 64.0 Å². The summed E-state index contributed by atoms with van der Waals surface area (Å²) in [4.78, 5) is 36.2. The molecule has 0 bridgehead atoms. The molecule has 0 atom stereocenters. The minimum absolute atomic E-state index is 0.174. The average molecular weight is 505 g/mol. The summed E-state index contributed by atoms with van der Waals surface area (Å²) >= 11 is 1.52. The summed E-state index contributed by atoms with van der Waals surface area (Å²) in [6, 6.07) is 11.5. The fourth-order valence-electron chi connectivity index (χ4n) is 3.82. The van der Waals surface area contributed by atoms with Crippen LogP contribution >= 0.6 is 11.3 Å². The van der Waals surface area contributed by atoms with Gasteiger partial charge in [0.05, 0.1) is 16.9 Å². The van der Waals surface area contributed by atoms with Crippen molar-refractivity contribution in [2.24, 2.45) is 5.16 Å². The second-order valence-electron chi connectivity index (χ2n) is 8.11. The van der Waals surface area contributed by atoms with Gasteiger partial charge in [-0.3, -0.25) is 9.59 Å². The molecule has 1 aromatic carbocycles. The fraction of sp³-hybridized carbons (Fsp3) is 0.333. The van der Waals surface area contributed by atoms with Crippen LogP contribution in [-0.2, 0) is 29.0 Å². The van der Waals surface area contributed by atoms with Crippen LogP contribution in [0.3, 0.4) is 0 Å². The Labute approximate surface area is 203 Å². The number of alkyl halides is 3. The van der Waals surface area contributed by atoms with Gasteiger partial charge in [0.1, 0.15) is 18.7 Å². The van der Waals surface area contributed by atoms with Gasteiger partial charge in [0.2, 0.25) is 5.91 Å². The summed E-state index contributed by atoms with van der Waals surface area (Å²) in [5.41, 5.74) is -0.781. The predicted molar refractivity (Wildman–Crippen MR) is 125 cm³/mol. The van der Waals surface area contributed by atoms with Crippen molar-refractivity contribution in [3.8, 4) is 0 Å². The minimum Gasteiger partial charge on any atom is -0.391 e. The van der Waals surface area contributed by atoms with Gasteiger partial charge < -0.3 is 14.3 Å². The van der Waals surface area contributed by atoms with Gasteiger partial charge in [0, 0.05) is 30.6 Å². The number of thiazole rings is 1. The van der Waals surface area contributed by atoms with Crippen molar-refractivity contribution in [1.82, 2.24) is 14.5 Å². The van der Waals surface area contributed by atoms with E-state index in [0.29, 0.717) is 38.2 Å². The Balaban J connectivity index is 1.28. The fourth-order valence-corrected chi connectivity index (χ4v) is 4.76. The molecule has 1 aliphatic rings. The first-order valence-electron chi connectivity index (χ1n) is 11.0. The molecular weight excluding hydrogens is 481 g/mol. The van der Waals surface area contributed by atoms with Gasteiger partial charge in [-0.25, -0.2) is 4.98 Å². The highest BCUT2D eigenvalue weighted by Gasteiger charge is 2.34. The summed E-state index contributed by atoms with van der Waals surface area (Å²) < 4.78 is 39.7. The minimum atomic E-state index is -4.76. The molecule has 11 heteroatoms. The standard InChI is InChI=1S/C24H23F3N4O3S/c25-24(26,27)20-7-4-10-31(23(20)33)14-21(32)30-11-8-18(9-12-30)22-29-19(16-35-22)13-28-34-15-17-5-2-1-3-6-17/h1-7,10,13,16,18H,8-9,11-12,14-15H2/b28-13-. The molecule has 1 fully saturated rings. The highest BCUT2D eigenvalue weighted by molar-refractivity contribution is 7.09. The molecule has 3 heterocycles. The van der Waals surface area contributed by atoms with Gasteiger partial charge in [-0.05, 0) is 30.5 Å². The van der Waals surface area contributed by atoms with Gasteiger partial charge in [0.15, 0.2) is 0 Å². The van der Waals surface area contributed by atoms with Crippen LogP contribution < -0.4 is 5.56 Å². The number of hydrogen-bond acceptors (Lipinski definition) is 6. The lowest BCUT2D eigenvalue weighted by Crippen LogP contribution is -2.41. The molecule has 0 N–H and O–H groups in total. The van der Waals surface area contributed by atoms with Crippen molar-refractivity contribution in [3.63, 3.8) is 0 Å². The van der Waals surface area contributed by atoms with Crippen LogP contribution in [-0.4, -0.2) is 39.7 Å². The summed E-state index contributed by atoms with van der Waals surface area (Å²) in [5.74, 6) is -0.208. The number of aromatic nitrogens is 2.